The third-order valence-corrected chi connectivity index (χ3v) is 6.91. The minimum absolute atomic E-state index is 0.197. The average molecular weight is 415 g/mol. The lowest BCUT2D eigenvalue weighted by Gasteiger charge is -2.29. The molecular weight excluding hydrogens is 388 g/mol. The second-order valence-corrected chi connectivity index (χ2v) is 9.04. The summed E-state index contributed by atoms with van der Waals surface area (Å²) in [5, 5.41) is 5.82. The maximum Gasteiger partial charge on any atom is 0.222 e. The van der Waals surface area contributed by atoms with Crippen LogP contribution in [-0.2, 0) is 4.74 Å². The lowest BCUT2D eigenvalue weighted by atomic mass is 9.93. The molecule has 2 aliphatic rings. The smallest absolute Gasteiger partial charge is 0.222 e. The molecule has 5 heterocycles. The number of pyridine rings is 1. The topological polar surface area (TPSA) is 90.8 Å². The summed E-state index contributed by atoms with van der Waals surface area (Å²) in [7, 11) is 1.65. The van der Waals surface area contributed by atoms with Gasteiger partial charge in [0.2, 0.25) is 16.0 Å². The minimum Gasteiger partial charge on any atom is -0.480 e. The van der Waals surface area contributed by atoms with Crippen LogP contribution in [-0.4, -0.2) is 58.5 Å². The van der Waals surface area contributed by atoms with Crippen molar-refractivity contribution < 1.29 is 9.47 Å². The molecule has 2 N–H and O–H groups in total. The Balaban J connectivity index is 1.48. The Morgan fingerprint density at radius 1 is 1.31 bits per heavy atom. The number of imidazole rings is 1. The van der Waals surface area contributed by atoms with E-state index in [4.69, 9.17) is 20.3 Å². The Kier molecular flexibility index (Phi) is 4.68. The van der Waals surface area contributed by atoms with Gasteiger partial charge in [-0.15, -0.1) is 5.10 Å². The molecule has 8 nitrogen and oxygen atoms in total. The molecule has 0 aliphatic carbocycles. The highest BCUT2D eigenvalue weighted by Crippen LogP contribution is 2.36. The first-order valence-corrected chi connectivity index (χ1v) is 10.9. The van der Waals surface area contributed by atoms with E-state index in [1.165, 1.54) is 0 Å². The molecule has 154 valence electrons. The maximum atomic E-state index is 6.32. The molecule has 29 heavy (non-hydrogen) atoms. The molecule has 0 unspecified atom stereocenters. The van der Waals surface area contributed by atoms with Crippen LogP contribution in [0.15, 0.2) is 18.3 Å². The third-order valence-electron chi connectivity index (χ3n) is 5.93. The van der Waals surface area contributed by atoms with Gasteiger partial charge in [0.25, 0.3) is 0 Å². The number of methoxy groups -OCH3 is 1. The van der Waals surface area contributed by atoms with Crippen molar-refractivity contribution in [3.05, 3.63) is 24.0 Å². The molecule has 0 amide bonds. The van der Waals surface area contributed by atoms with Crippen LogP contribution in [0, 0.1) is 5.92 Å². The van der Waals surface area contributed by atoms with Crippen molar-refractivity contribution in [3.8, 4) is 17.1 Å². The fourth-order valence-corrected chi connectivity index (χ4v) is 5.13. The van der Waals surface area contributed by atoms with E-state index < -0.39 is 0 Å². The van der Waals surface area contributed by atoms with Crippen LogP contribution in [0.2, 0.25) is 0 Å². The Bertz CT molecular complexity index is 1030. The van der Waals surface area contributed by atoms with Crippen molar-refractivity contribution >= 4 is 21.4 Å². The van der Waals surface area contributed by atoms with Crippen molar-refractivity contribution in [2.45, 2.75) is 38.3 Å². The largest absolute Gasteiger partial charge is 0.480 e. The van der Waals surface area contributed by atoms with Crippen LogP contribution in [0.4, 0.5) is 5.13 Å². The number of rotatable bonds is 4. The van der Waals surface area contributed by atoms with E-state index in [0.717, 1.165) is 53.2 Å². The van der Waals surface area contributed by atoms with Crippen LogP contribution in [0.25, 0.3) is 16.2 Å². The van der Waals surface area contributed by atoms with Gasteiger partial charge >= 0.3 is 0 Å². The van der Waals surface area contributed by atoms with E-state index in [-0.39, 0.29) is 12.1 Å². The molecule has 0 radical (unpaired) electrons. The van der Waals surface area contributed by atoms with E-state index >= 15 is 0 Å². The standard InChI is InChI=1S/C20H26N6O2S/c1-11(2)15-5-4-12(18(23-15)27-3)16-8-22-19-26(16)24-20(29-19)25-9-13-14(21)6-7-28-17(13)10-25/h4-5,8,11,13-14,17H,6-7,9-10,21H2,1-3H3/t13-,14+,17-/m1/s1. The van der Waals surface area contributed by atoms with Crippen LogP contribution in [0.5, 0.6) is 5.88 Å². The molecular formula is C20H26N6O2S. The molecule has 0 aromatic carbocycles. The molecule has 5 rings (SSSR count). The zero-order valence-electron chi connectivity index (χ0n) is 16.9. The van der Waals surface area contributed by atoms with Gasteiger partial charge in [0.1, 0.15) is 0 Å². The number of aromatic nitrogens is 4. The van der Waals surface area contributed by atoms with Crippen LogP contribution < -0.4 is 15.4 Å². The molecule has 3 atom stereocenters. The van der Waals surface area contributed by atoms with Gasteiger partial charge in [-0.2, -0.15) is 0 Å². The zero-order valence-corrected chi connectivity index (χ0v) is 17.7. The Labute approximate surface area is 173 Å². The van der Waals surface area contributed by atoms with Crippen molar-refractivity contribution in [3.63, 3.8) is 0 Å². The second kappa shape index (κ2) is 7.23. The third kappa shape index (κ3) is 3.17. The van der Waals surface area contributed by atoms with Crippen molar-refractivity contribution in [1.82, 2.24) is 19.6 Å². The monoisotopic (exact) mass is 414 g/mol. The molecule has 9 heteroatoms. The predicted octanol–water partition coefficient (Wildman–Crippen LogP) is 2.54. The van der Waals surface area contributed by atoms with Crippen molar-refractivity contribution in [2.75, 3.05) is 31.7 Å². The predicted molar refractivity (Wildman–Crippen MR) is 113 cm³/mol. The average Bonchev–Trinajstić information content (AvgIpc) is 3.41. The molecule has 3 aromatic heterocycles. The Morgan fingerprint density at radius 3 is 2.93 bits per heavy atom. The summed E-state index contributed by atoms with van der Waals surface area (Å²) in [6.45, 7) is 6.70. The fourth-order valence-electron chi connectivity index (χ4n) is 4.23. The summed E-state index contributed by atoms with van der Waals surface area (Å²) in [5.41, 5.74) is 9.09. The van der Waals surface area contributed by atoms with E-state index in [1.54, 1.807) is 18.4 Å². The van der Waals surface area contributed by atoms with Gasteiger partial charge in [0.05, 0.1) is 30.7 Å². The number of nitrogens with zero attached hydrogens (tertiary/aromatic N) is 5. The summed E-state index contributed by atoms with van der Waals surface area (Å²) < 4.78 is 13.4. The maximum absolute atomic E-state index is 6.32. The number of anilines is 1. The summed E-state index contributed by atoms with van der Waals surface area (Å²) in [6.07, 6.45) is 2.96. The summed E-state index contributed by atoms with van der Waals surface area (Å²) in [5.74, 6) is 1.30. The summed E-state index contributed by atoms with van der Waals surface area (Å²) in [4.78, 5) is 12.4. The van der Waals surface area contributed by atoms with Crippen LogP contribution in [0.1, 0.15) is 31.9 Å². The Hall–Kier alpha value is -2.23. The molecule has 2 aliphatic heterocycles. The van der Waals surface area contributed by atoms with Crippen LogP contribution in [0.3, 0.4) is 0 Å². The zero-order chi connectivity index (χ0) is 20.1. The number of hydrogen-bond acceptors (Lipinski definition) is 8. The second-order valence-electron chi connectivity index (χ2n) is 8.10. The number of fused-ring (bicyclic) bond motifs is 2. The highest BCUT2D eigenvalue weighted by molar-refractivity contribution is 7.20. The van der Waals surface area contributed by atoms with Gasteiger partial charge < -0.3 is 20.1 Å². The number of hydrogen-bond donors (Lipinski definition) is 1. The van der Waals surface area contributed by atoms with E-state index in [9.17, 15) is 0 Å². The van der Waals surface area contributed by atoms with Crippen molar-refractivity contribution in [1.29, 1.82) is 0 Å². The van der Waals surface area contributed by atoms with E-state index in [0.29, 0.717) is 17.7 Å². The molecule has 0 bridgehead atoms. The summed E-state index contributed by atoms with van der Waals surface area (Å²) >= 11 is 1.59. The van der Waals surface area contributed by atoms with Crippen LogP contribution >= 0.6 is 11.3 Å². The number of ether oxygens (including phenoxy) is 2. The molecule has 3 aromatic rings. The van der Waals surface area contributed by atoms with E-state index in [2.05, 4.69) is 28.7 Å². The lowest BCUT2D eigenvalue weighted by Crippen LogP contribution is -2.43. The first-order chi connectivity index (χ1) is 14.0. The molecule has 2 saturated heterocycles. The summed E-state index contributed by atoms with van der Waals surface area (Å²) in [6, 6.07) is 4.29. The fraction of sp³-hybridized carbons (Fsp3) is 0.550. The van der Waals surface area contributed by atoms with Gasteiger partial charge in [0.15, 0.2) is 0 Å². The lowest BCUT2D eigenvalue weighted by molar-refractivity contribution is -0.00904. The van der Waals surface area contributed by atoms with Crippen molar-refractivity contribution in [2.24, 2.45) is 11.7 Å². The van der Waals surface area contributed by atoms with Gasteiger partial charge in [-0.05, 0) is 24.5 Å². The van der Waals surface area contributed by atoms with Gasteiger partial charge in [-0.25, -0.2) is 14.5 Å². The molecule has 0 spiro atoms. The first kappa shape index (κ1) is 18.8. The minimum atomic E-state index is 0.197. The van der Waals surface area contributed by atoms with Gasteiger partial charge in [0, 0.05) is 37.4 Å². The quantitative estimate of drug-likeness (QED) is 0.701. The SMILES string of the molecule is COc1nc(C(C)C)ccc1-c1cnc2sc(N3C[C@@H]4[C@@H](N)CCO[C@@H]4C3)nn12. The highest BCUT2D eigenvalue weighted by Gasteiger charge is 2.41. The molecule has 0 saturated carbocycles. The Morgan fingerprint density at radius 2 is 2.17 bits per heavy atom. The van der Waals surface area contributed by atoms with E-state index in [1.807, 2.05) is 22.8 Å². The van der Waals surface area contributed by atoms with Gasteiger partial charge in [-0.1, -0.05) is 25.2 Å². The van der Waals surface area contributed by atoms with Gasteiger partial charge in [-0.3, -0.25) is 0 Å². The highest BCUT2D eigenvalue weighted by atomic mass is 32.1. The number of nitrogens with two attached hydrogens (primary N) is 1. The normalized spacial score (nSPS) is 24.4. The first-order valence-electron chi connectivity index (χ1n) is 10.1. The molecule has 2 fully saturated rings.